The van der Waals surface area contributed by atoms with E-state index in [2.05, 4.69) is 9.72 Å². The quantitative estimate of drug-likeness (QED) is 0.184. The van der Waals surface area contributed by atoms with Crippen molar-refractivity contribution in [2.45, 2.75) is 39.2 Å². The smallest absolute Gasteiger partial charge is 0.494 e. The highest BCUT2D eigenvalue weighted by Gasteiger charge is 2.31. The number of carbonyl (C=O) groups is 1. The van der Waals surface area contributed by atoms with Crippen LogP contribution in [-0.4, -0.2) is 38.3 Å². The average Bonchev–Trinajstić information content (AvgIpc) is 3.00. The van der Waals surface area contributed by atoms with Crippen molar-refractivity contribution in [1.82, 2.24) is 19.4 Å². The van der Waals surface area contributed by atoms with E-state index in [1.807, 2.05) is 13.0 Å². The zero-order valence-electron chi connectivity index (χ0n) is 24.0. The minimum absolute atomic E-state index is 0.110. The third kappa shape index (κ3) is 7.05. The van der Waals surface area contributed by atoms with Gasteiger partial charge in [-0.25, -0.2) is 4.98 Å². The van der Waals surface area contributed by atoms with Crippen LogP contribution in [0.25, 0.3) is 16.6 Å². The number of hydrogen-bond donors (Lipinski definition) is 0. The van der Waals surface area contributed by atoms with Crippen LogP contribution in [-0.2, 0) is 17.8 Å². The van der Waals surface area contributed by atoms with E-state index in [0.29, 0.717) is 40.3 Å². The summed E-state index contributed by atoms with van der Waals surface area (Å²) < 4.78 is 49.6. The van der Waals surface area contributed by atoms with E-state index < -0.39 is 24.1 Å². The molecule has 5 rings (SSSR count). The highest BCUT2D eigenvalue weighted by atomic mass is 19.4. The highest BCUT2D eigenvalue weighted by molar-refractivity contribution is 5.80. The first-order valence-electron chi connectivity index (χ1n) is 13.9. The van der Waals surface area contributed by atoms with Gasteiger partial charge in [0.05, 0.1) is 35.7 Å². The molecule has 3 aromatic carbocycles. The SMILES string of the molecule is CCOc1ccc(-n2c(C(C)N(Cc3cccnc3)C(=O)Cc3cccc(OC(F)(F)F)c3)nc3ccccc3c2=O)cc1. The zero-order chi connectivity index (χ0) is 31.3. The lowest BCUT2D eigenvalue weighted by atomic mass is 10.1. The molecule has 226 valence electrons. The molecule has 44 heavy (non-hydrogen) atoms. The Bertz CT molecular complexity index is 1810. The number of pyridine rings is 1. The first kappa shape index (κ1) is 30.3. The summed E-state index contributed by atoms with van der Waals surface area (Å²) in [6.07, 6.45) is -1.85. The molecule has 2 heterocycles. The number of alkyl halides is 3. The van der Waals surface area contributed by atoms with Crippen molar-refractivity contribution in [2.75, 3.05) is 6.61 Å². The van der Waals surface area contributed by atoms with Crippen LogP contribution in [0.1, 0.15) is 36.8 Å². The molecule has 1 atom stereocenters. The van der Waals surface area contributed by atoms with Gasteiger partial charge in [-0.3, -0.25) is 19.1 Å². The maximum Gasteiger partial charge on any atom is 0.573 e. The van der Waals surface area contributed by atoms with E-state index in [1.54, 1.807) is 80.0 Å². The van der Waals surface area contributed by atoms with Crippen LogP contribution in [0.15, 0.2) is 102 Å². The largest absolute Gasteiger partial charge is 0.573 e. The fraction of sp³-hybridized carbons (Fsp3) is 0.212. The first-order valence-corrected chi connectivity index (χ1v) is 13.9. The van der Waals surface area contributed by atoms with Crippen LogP contribution in [0.2, 0.25) is 0 Å². The second-order valence-corrected chi connectivity index (χ2v) is 9.99. The van der Waals surface area contributed by atoms with Crippen molar-refractivity contribution < 1.29 is 27.4 Å². The summed E-state index contributed by atoms with van der Waals surface area (Å²) in [4.78, 5) is 38.4. The molecule has 1 amide bonds. The normalized spacial score (nSPS) is 12.1. The Kier molecular flexibility index (Phi) is 8.94. The van der Waals surface area contributed by atoms with Gasteiger partial charge in [-0.05, 0) is 79.6 Å². The van der Waals surface area contributed by atoms with Gasteiger partial charge in [-0.1, -0.05) is 30.3 Å². The maximum absolute atomic E-state index is 14.0. The number of hydrogen-bond acceptors (Lipinski definition) is 6. The second kappa shape index (κ2) is 13.0. The minimum Gasteiger partial charge on any atom is -0.494 e. The van der Waals surface area contributed by atoms with Gasteiger partial charge in [0.25, 0.3) is 5.56 Å². The molecule has 1 unspecified atom stereocenters. The molecule has 0 saturated carbocycles. The van der Waals surface area contributed by atoms with E-state index >= 15 is 0 Å². The molecule has 0 radical (unpaired) electrons. The highest BCUT2D eigenvalue weighted by Crippen LogP contribution is 2.28. The number of nitrogens with zero attached hydrogens (tertiary/aromatic N) is 4. The van der Waals surface area contributed by atoms with Gasteiger partial charge in [-0.15, -0.1) is 13.2 Å². The van der Waals surface area contributed by atoms with E-state index in [-0.39, 0.29) is 18.5 Å². The number of amides is 1. The summed E-state index contributed by atoms with van der Waals surface area (Å²) in [5, 5.41) is 0.406. The number of rotatable bonds is 10. The Balaban J connectivity index is 1.58. The molecule has 0 saturated heterocycles. The van der Waals surface area contributed by atoms with Crippen molar-refractivity contribution in [1.29, 1.82) is 0 Å². The fourth-order valence-corrected chi connectivity index (χ4v) is 4.94. The number of halogens is 3. The molecule has 2 aromatic heterocycles. The molecular formula is C33H29F3N4O4. The van der Waals surface area contributed by atoms with E-state index in [9.17, 15) is 22.8 Å². The summed E-state index contributed by atoms with van der Waals surface area (Å²) in [6, 6.07) is 22.1. The average molecular weight is 603 g/mol. The number of para-hydroxylation sites is 1. The monoisotopic (exact) mass is 602 g/mol. The molecule has 0 fully saturated rings. The molecule has 0 aliphatic carbocycles. The molecule has 5 aromatic rings. The van der Waals surface area contributed by atoms with E-state index in [1.165, 1.54) is 27.7 Å². The van der Waals surface area contributed by atoms with Gasteiger partial charge < -0.3 is 14.4 Å². The number of ether oxygens (including phenoxy) is 2. The molecule has 0 N–H and O–H groups in total. The predicted molar refractivity (Wildman–Crippen MR) is 159 cm³/mol. The molecular weight excluding hydrogens is 573 g/mol. The molecule has 8 nitrogen and oxygen atoms in total. The van der Waals surface area contributed by atoms with Gasteiger partial charge >= 0.3 is 6.36 Å². The number of carbonyl (C=O) groups excluding carboxylic acids is 1. The summed E-state index contributed by atoms with van der Waals surface area (Å²) >= 11 is 0. The summed E-state index contributed by atoms with van der Waals surface area (Å²) in [5.74, 6) is 0.128. The minimum atomic E-state index is -4.87. The predicted octanol–water partition coefficient (Wildman–Crippen LogP) is 6.41. The topological polar surface area (TPSA) is 86.6 Å². The molecule has 0 aliphatic rings. The summed E-state index contributed by atoms with van der Waals surface area (Å²) in [6.45, 7) is 4.23. The van der Waals surface area contributed by atoms with Crippen LogP contribution in [0.5, 0.6) is 11.5 Å². The third-order valence-corrected chi connectivity index (χ3v) is 6.93. The fourth-order valence-electron chi connectivity index (χ4n) is 4.94. The number of aromatic nitrogens is 3. The van der Waals surface area contributed by atoms with Crippen molar-refractivity contribution in [2.24, 2.45) is 0 Å². The lowest BCUT2D eigenvalue weighted by Gasteiger charge is -2.31. The Morgan fingerprint density at radius 2 is 1.70 bits per heavy atom. The Hall–Kier alpha value is -5.19. The van der Waals surface area contributed by atoms with Crippen LogP contribution >= 0.6 is 0 Å². The lowest BCUT2D eigenvalue weighted by molar-refractivity contribution is -0.274. The van der Waals surface area contributed by atoms with Crippen LogP contribution in [0, 0.1) is 0 Å². The van der Waals surface area contributed by atoms with Gasteiger partial charge in [0.2, 0.25) is 5.91 Å². The van der Waals surface area contributed by atoms with Crippen molar-refractivity contribution in [3.05, 3.63) is 125 Å². The first-order chi connectivity index (χ1) is 21.1. The second-order valence-electron chi connectivity index (χ2n) is 9.99. The third-order valence-electron chi connectivity index (χ3n) is 6.93. The van der Waals surface area contributed by atoms with E-state index in [0.717, 1.165) is 5.56 Å². The zero-order valence-corrected chi connectivity index (χ0v) is 24.0. The molecule has 11 heteroatoms. The Labute approximate surface area is 251 Å². The summed E-state index contributed by atoms with van der Waals surface area (Å²) in [5.41, 5.74) is 1.73. The lowest BCUT2D eigenvalue weighted by Crippen LogP contribution is -2.38. The maximum atomic E-state index is 14.0. The number of benzene rings is 3. The van der Waals surface area contributed by atoms with Crippen LogP contribution in [0.4, 0.5) is 13.2 Å². The number of fused-ring (bicyclic) bond motifs is 1. The van der Waals surface area contributed by atoms with Gasteiger partial charge in [0, 0.05) is 18.9 Å². The molecule has 0 aliphatic heterocycles. The van der Waals surface area contributed by atoms with Crippen LogP contribution < -0.4 is 15.0 Å². The Morgan fingerprint density at radius 1 is 0.955 bits per heavy atom. The van der Waals surface area contributed by atoms with E-state index in [4.69, 9.17) is 9.72 Å². The Morgan fingerprint density at radius 3 is 2.41 bits per heavy atom. The molecule has 0 spiro atoms. The van der Waals surface area contributed by atoms with Crippen molar-refractivity contribution >= 4 is 16.8 Å². The van der Waals surface area contributed by atoms with Crippen molar-refractivity contribution in [3.8, 4) is 17.2 Å². The summed E-state index contributed by atoms with van der Waals surface area (Å²) in [7, 11) is 0. The van der Waals surface area contributed by atoms with Gasteiger partial charge in [0.15, 0.2) is 0 Å². The van der Waals surface area contributed by atoms with Gasteiger partial charge in [0.1, 0.15) is 17.3 Å². The molecule has 0 bridgehead atoms. The van der Waals surface area contributed by atoms with Gasteiger partial charge in [-0.2, -0.15) is 0 Å². The van der Waals surface area contributed by atoms with Crippen molar-refractivity contribution in [3.63, 3.8) is 0 Å². The van der Waals surface area contributed by atoms with Crippen LogP contribution in [0.3, 0.4) is 0 Å². The standard InChI is InChI=1S/C33H29F3N4O4/c1-3-43-26-15-13-25(14-16-26)40-31(38-29-12-5-4-11-28(29)32(40)42)22(2)39(21-24-9-7-17-37-20-24)30(41)19-23-8-6-10-27(18-23)44-33(34,35)36/h4-18,20,22H,3,19,21H2,1-2H3.